The molecule has 1 aromatic rings. The molecule has 2 saturated carbocycles. The Kier molecular flexibility index (Phi) is 3.08. The van der Waals surface area contributed by atoms with E-state index in [1.54, 1.807) is 0 Å². The van der Waals surface area contributed by atoms with E-state index in [-0.39, 0.29) is 11.9 Å². The van der Waals surface area contributed by atoms with E-state index >= 15 is 0 Å². The van der Waals surface area contributed by atoms with E-state index in [1.807, 2.05) is 0 Å². The van der Waals surface area contributed by atoms with Gasteiger partial charge < -0.3 is 0 Å². The van der Waals surface area contributed by atoms with Crippen molar-refractivity contribution in [3.8, 4) is 0 Å². The van der Waals surface area contributed by atoms with Gasteiger partial charge in [0.25, 0.3) is 0 Å². The zero-order valence-electron chi connectivity index (χ0n) is 10.2. The minimum Gasteiger partial charge on any atom is -0.271 e. The van der Waals surface area contributed by atoms with E-state index in [0.717, 1.165) is 17.9 Å². The van der Waals surface area contributed by atoms with Crippen molar-refractivity contribution in [3.05, 3.63) is 35.4 Å². The minimum atomic E-state index is -0.391. The molecule has 0 saturated heterocycles. The van der Waals surface area contributed by atoms with Gasteiger partial charge in [0.1, 0.15) is 11.6 Å². The van der Waals surface area contributed by atoms with Gasteiger partial charge in [-0.2, -0.15) is 0 Å². The lowest BCUT2D eigenvalue weighted by atomic mass is 9.97. The SMILES string of the molecule is NNC(Cc1cc(F)ccc1F)C1C2CCCC21. The highest BCUT2D eigenvalue weighted by Crippen LogP contribution is 2.59. The fourth-order valence-electron chi connectivity index (χ4n) is 3.72. The Morgan fingerprint density at radius 1 is 1.28 bits per heavy atom. The number of hydrazine groups is 1. The highest BCUT2D eigenvalue weighted by atomic mass is 19.1. The Balaban J connectivity index is 1.72. The van der Waals surface area contributed by atoms with Crippen LogP contribution in [-0.4, -0.2) is 6.04 Å². The van der Waals surface area contributed by atoms with Crippen LogP contribution in [0.4, 0.5) is 8.78 Å². The Bertz CT molecular complexity index is 439. The van der Waals surface area contributed by atoms with E-state index in [2.05, 4.69) is 5.43 Å². The predicted molar refractivity (Wildman–Crippen MR) is 65.5 cm³/mol. The van der Waals surface area contributed by atoms with Crippen molar-refractivity contribution in [2.45, 2.75) is 31.7 Å². The Morgan fingerprint density at radius 2 is 2.00 bits per heavy atom. The van der Waals surface area contributed by atoms with E-state index in [0.29, 0.717) is 17.9 Å². The molecule has 3 atom stereocenters. The second-order valence-corrected chi connectivity index (χ2v) is 5.55. The molecule has 2 fully saturated rings. The van der Waals surface area contributed by atoms with Gasteiger partial charge in [0.05, 0.1) is 0 Å². The van der Waals surface area contributed by atoms with Crippen LogP contribution in [0.5, 0.6) is 0 Å². The maximum atomic E-state index is 13.6. The van der Waals surface area contributed by atoms with Crippen LogP contribution in [-0.2, 0) is 6.42 Å². The smallest absolute Gasteiger partial charge is 0.126 e. The van der Waals surface area contributed by atoms with Gasteiger partial charge in [-0.15, -0.1) is 0 Å². The van der Waals surface area contributed by atoms with Crippen LogP contribution < -0.4 is 11.3 Å². The lowest BCUT2D eigenvalue weighted by Crippen LogP contribution is -2.39. The number of benzene rings is 1. The van der Waals surface area contributed by atoms with E-state index in [9.17, 15) is 8.78 Å². The summed E-state index contributed by atoms with van der Waals surface area (Å²) >= 11 is 0. The fraction of sp³-hybridized carbons (Fsp3) is 0.571. The number of nitrogens with two attached hydrogens (primary N) is 1. The third kappa shape index (κ3) is 2.04. The molecule has 2 aliphatic carbocycles. The highest BCUT2D eigenvalue weighted by molar-refractivity contribution is 5.21. The molecule has 98 valence electrons. The van der Waals surface area contributed by atoms with Crippen LogP contribution in [0, 0.1) is 29.4 Å². The maximum Gasteiger partial charge on any atom is 0.126 e. The zero-order chi connectivity index (χ0) is 12.7. The van der Waals surface area contributed by atoms with Gasteiger partial charge in [0.15, 0.2) is 0 Å². The first-order valence-corrected chi connectivity index (χ1v) is 6.60. The second-order valence-electron chi connectivity index (χ2n) is 5.55. The normalized spacial score (nSPS) is 31.2. The largest absolute Gasteiger partial charge is 0.271 e. The topological polar surface area (TPSA) is 38.0 Å². The lowest BCUT2D eigenvalue weighted by molar-refractivity contribution is 0.404. The van der Waals surface area contributed by atoms with Gasteiger partial charge in [-0.25, -0.2) is 8.78 Å². The van der Waals surface area contributed by atoms with Crippen molar-refractivity contribution in [2.75, 3.05) is 0 Å². The molecular weight excluding hydrogens is 234 g/mol. The van der Waals surface area contributed by atoms with Crippen LogP contribution in [0.2, 0.25) is 0 Å². The Hall–Kier alpha value is -1.00. The van der Waals surface area contributed by atoms with Crippen LogP contribution in [0.3, 0.4) is 0 Å². The second kappa shape index (κ2) is 4.59. The monoisotopic (exact) mass is 252 g/mol. The van der Waals surface area contributed by atoms with Crippen LogP contribution in [0.25, 0.3) is 0 Å². The summed E-state index contributed by atoms with van der Waals surface area (Å²) in [5, 5.41) is 0. The number of fused-ring (bicyclic) bond motifs is 1. The molecule has 2 aliphatic rings. The number of nitrogens with one attached hydrogen (secondary N) is 1. The number of halogens is 2. The molecule has 0 amide bonds. The molecule has 4 heteroatoms. The average molecular weight is 252 g/mol. The van der Waals surface area contributed by atoms with Gasteiger partial charge in [0.2, 0.25) is 0 Å². The predicted octanol–water partition coefficient (Wildman–Crippen LogP) is 2.39. The molecule has 0 aliphatic heterocycles. The van der Waals surface area contributed by atoms with E-state index < -0.39 is 5.82 Å². The third-order valence-electron chi connectivity index (χ3n) is 4.60. The summed E-state index contributed by atoms with van der Waals surface area (Å²) in [5.41, 5.74) is 3.22. The molecule has 0 aromatic heterocycles. The summed E-state index contributed by atoms with van der Waals surface area (Å²) in [6.07, 6.45) is 4.30. The van der Waals surface area contributed by atoms with Crippen molar-refractivity contribution < 1.29 is 8.78 Å². The van der Waals surface area contributed by atoms with Crippen molar-refractivity contribution in [3.63, 3.8) is 0 Å². The van der Waals surface area contributed by atoms with Gasteiger partial charge in [-0.05, 0) is 60.8 Å². The van der Waals surface area contributed by atoms with Gasteiger partial charge in [0, 0.05) is 6.04 Å². The quantitative estimate of drug-likeness (QED) is 0.638. The molecule has 18 heavy (non-hydrogen) atoms. The lowest BCUT2D eigenvalue weighted by Gasteiger charge is -2.18. The maximum absolute atomic E-state index is 13.6. The van der Waals surface area contributed by atoms with Crippen LogP contribution in [0.15, 0.2) is 18.2 Å². The first-order chi connectivity index (χ1) is 8.70. The van der Waals surface area contributed by atoms with E-state index in [4.69, 9.17) is 5.84 Å². The highest BCUT2D eigenvalue weighted by Gasteiger charge is 2.55. The van der Waals surface area contributed by atoms with E-state index in [1.165, 1.54) is 31.4 Å². The first kappa shape index (κ1) is 12.1. The zero-order valence-corrected chi connectivity index (χ0v) is 10.2. The summed E-state index contributed by atoms with van der Waals surface area (Å²) in [4.78, 5) is 0. The van der Waals surface area contributed by atoms with Gasteiger partial charge in [-0.1, -0.05) is 6.42 Å². The van der Waals surface area contributed by atoms with Gasteiger partial charge in [-0.3, -0.25) is 11.3 Å². The van der Waals surface area contributed by atoms with Crippen molar-refractivity contribution in [2.24, 2.45) is 23.6 Å². The average Bonchev–Trinajstić information content (AvgIpc) is 2.83. The summed E-state index contributed by atoms with van der Waals surface area (Å²) in [5.74, 6) is 6.90. The summed E-state index contributed by atoms with van der Waals surface area (Å²) in [6.45, 7) is 0. The Morgan fingerprint density at radius 3 is 2.67 bits per heavy atom. The standard InChI is InChI=1S/C14H18F2N2/c15-9-4-5-12(16)8(6-9)7-13(18-17)14-10-2-1-3-11(10)14/h4-6,10-11,13-14,18H,1-3,7,17H2. The number of hydrogen-bond donors (Lipinski definition) is 2. The fourth-order valence-corrected chi connectivity index (χ4v) is 3.72. The molecule has 0 heterocycles. The van der Waals surface area contributed by atoms with Crippen molar-refractivity contribution in [1.29, 1.82) is 0 Å². The molecule has 3 unspecified atom stereocenters. The van der Waals surface area contributed by atoms with Crippen LogP contribution >= 0.6 is 0 Å². The number of rotatable bonds is 4. The summed E-state index contributed by atoms with van der Waals surface area (Å²) in [7, 11) is 0. The molecule has 0 radical (unpaired) electrons. The van der Waals surface area contributed by atoms with Gasteiger partial charge >= 0.3 is 0 Å². The molecule has 3 rings (SSSR count). The van der Waals surface area contributed by atoms with Crippen molar-refractivity contribution >= 4 is 0 Å². The summed E-state index contributed by atoms with van der Waals surface area (Å²) in [6, 6.07) is 3.68. The molecule has 2 nitrogen and oxygen atoms in total. The van der Waals surface area contributed by atoms with Crippen molar-refractivity contribution in [1.82, 2.24) is 5.43 Å². The molecule has 0 bridgehead atoms. The Labute approximate surface area is 106 Å². The number of hydrogen-bond acceptors (Lipinski definition) is 2. The molecular formula is C14H18F2N2. The molecule has 3 N–H and O–H groups in total. The molecule has 0 spiro atoms. The summed E-state index contributed by atoms with van der Waals surface area (Å²) < 4.78 is 26.7. The van der Waals surface area contributed by atoms with Crippen LogP contribution in [0.1, 0.15) is 24.8 Å². The third-order valence-corrected chi connectivity index (χ3v) is 4.60. The minimum absolute atomic E-state index is 0.0663. The first-order valence-electron chi connectivity index (χ1n) is 6.60. The molecule has 1 aromatic carbocycles.